The summed E-state index contributed by atoms with van der Waals surface area (Å²) in [5, 5.41) is 0. The van der Waals surface area contributed by atoms with E-state index in [1.54, 1.807) is 7.11 Å². The van der Waals surface area contributed by atoms with Gasteiger partial charge in [-0.3, -0.25) is 0 Å². The van der Waals surface area contributed by atoms with E-state index in [0.717, 1.165) is 17.7 Å². The molecule has 0 saturated heterocycles. The van der Waals surface area contributed by atoms with Crippen molar-refractivity contribution >= 4 is 0 Å². The second kappa shape index (κ2) is 5.31. The normalized spacial score (nSPS) is 11.4. The van der Waals surface area contributed by atoms with Crippen LogP contribution in [-0.2, 0) is 0 Å². The molecule has 0 aromatic heterocycles. The Labute approximate surface area is 85.1 Å². The van der Waals surface area contributed by atoms with Crippen molar-refractivity contribution in [3.63, 3.8) is 0 Å². The van der Waals surface area contributed by atoms with Gasteiger partial charge in [-0.05, 0) is 18.6 Å². The molecule has 1 unspecified atom stereocenters. The van der Waals surface area contributed by atoms with Gasteiger partial charge in [0.15, 0.2) is 0 Å². The van der Waals surface area contributed by atoms with Crippen molar-refractivity contribution in [1.82, 2.24) is 0 Å². The van der Waals surface area contributed by atoms with Crippen LogP contribution in [0.1, 0.15) is 18.9 Å². The molecule has 2 N–H and O–H groups in total. The van der Waals surface area contributed by atoms with E-state index in [1.165, 1.54) is 0 Å². The maximum absolute atomic E-state index is 5.70. The summed E-state index contributed by atoms with van der Waals surface area (Å²) in [6.07, 6.45) is 0.863. The molecule has 14 heavy (non-hydrogen) atoms. The summed E-state index contributed by atoms with van der Waals surface area (Å²) in [4.78, 5) is 0. The highest BCUT2D eigenvalue weighted by Gasteiger charge is 1.97. The van der Waals surface area contributed by atoms with Crippen LogP contribution in [0, 0.1) is 11.8 Å². The van der Waals surface area contributed by atoms with Gasteiger partial charge in [-0.15, -0.1) is 0 Å². The number of ether oxygens (including phenoxy) is 1. The minimum absolute atomic E-state index is 0.0556. The SMILES string of the molecule is CCC(N)C#Cc1ccccc1OC. The van der Waals surface area contributed by atoms with E-state index in [1.807, 2.05) is 31.2 Å². The third-order valence-electron chi connectivity index (χ3n) is 1.94. The van der Waals surface area contributed by atoms with Gasteiger partial charge in [-0.25, -0.2) is 0 Å². The largest absolute Gasteiger partial charge is 0.495 e. The molecule has 0 heterocycles. The molecule has 74 valence electrons. The minimum atomic E-state index is -0.0556. The second-order valence-electron chi connectivity index (χ2n) is 2.98. The summed E-state index contributed by atoms with van der Waals surface area (Å²) < 4.78 is 5.17. The van der Waals surface area contributed by atoms with Crippen LogP contribution in [-0.4, -0.2) is 13.2 Å². The van der Waals surface area contributed by atoms with Crippen LogP contribution in [0.4, 0.5) is 0 Å². The summed E-state index contributed by atoms with van der Waals surface area (Å²) in [5.41, 5.74) is 6.59. The summed E-state index contributed by atoms with van der Waals surface area (Å²) in [5.74, 6) is 6.78. The molecule has 0 amide bonds. The van der Waals surface area contributed by atoms with Crippen LogP contribution in [0.15, 0.2) is 24.3 Å². The smallest absolute Gasteiger partial charge is 0.134 e. The van der Waals surface area contributed by atoms with Gasteiger partial charge in [-0.2, -0.15) is 0 Å². The summed E-state index contributed by atoms with van der Waals surface area (Å²) in [7, 11) is 1.64. The summed E-state index contributed by atoms with van der Waals surface area (Å²) >= 11 is 0. The number of para-hydroxylation sites is 1. The van der Waals surface area contributed by atoms with Crippen molar-refractivity contribution in [2.24, 2.45) is 5.73 Å². The van der Waals surface area contributed by atoms with Crippen molar-refractivity contribution in [2.45, 2.75) is 19.4 Å². The highest BCUT2D eigenvalue weighted by molar-refractivity contribution is 5.46. The first-order valence-electron chi connectivity index (χ1n) is 4.68. The van der Waals surface area contributed by atoms with Crippen LogP contribution in [0.25, 0.3) is 0 Å². The molecule has 0 aliphatic rings. The zero-order valence-electron chi connectivity index (χ0n) is 8.58. The average molecular weight is 189 g/mol. The van der Waals surface area contributed by atoms with E-state index in [9.17, 15) is 0 Å². The van der Waals surface area contributed by atoms with Gasteiger partial charge < -0.3 is 10.5 Å². The van der Waals surface area contributed by atoms with Gasteiger partial charge in [0.2, 0.25) is 0 Å². The predicted molar refractivity (Wildman–Crippen MR) is 58.1 cm³/mol. The fourth-order valence-electron chi connectivity index (χ4n) is 1.02. The van der Waals surface area contributed by atoms with Gasteiger partial charge in [0.25, 0.3) is 0 Å². The maximum atomic E-state index is 5.70. The molecule has 0 aliphatic carbocycles. The van der Waals surface area contributed by atoms with Gasteiger partial charge in [0, 0.05) is 0 Å². The topological polar surface area (TPSA) is 35.2 Å². The molecule has 1 aromatic carbocycles. The molecule has 0 spiro atoms. The van der Waals surface area contributed by atoms with Crippen molar-refractivity contribution in [1.29, 1.82) is 0 Å². The third kappa shape index (κ3) is 2.79. The number of nitrogens with two attached hydrogens (primary N) is 1. The Kier molecular flexibility index (Phi) is 4.03. The summed E-state index contributed by atoms with van der Waals surface area (Å²) in [6, 6.07) is 7.61. The number of hydrogen-bond donors (Lipinski definition) is 1. The van der Waals surface area contributed by atoms with Crippen LogP contribution in [0.2, 0.25) is 0 Å². The molecule has 0 bridgehead atoms. The lowest BCUT2D eigenvalue weighted by Gasteiger charge is -2.01. The number of rotatable bonds is 2. The first kappa shape index (κ1) is 10.6. The lowest BCUT2D eigenvalue weighted by Crippen LogP contribution is -2.15. The molecule has 1 aromatic rings. The van der Waals surface area contributed by atoms with E-state index >= 15 is 0 Å². The van der Waals surface area contributed by atoms with Gasteiger partial charge in [-0.1, -0.05) is 30.9 Å². The fourth-order valence-corrected chi connectivity index (χ4v) is 1.02. The second-order valence-corrected chi connectivity index (χ2v) is 2.98. The van der Waals surface area contributed by atoms with Crippen molar-refractivity contribution in [3.05, 3.63) is 29.8 Å². The monoisotopic (exact) mass is 189 g/mol. The molecule has 0 radical (unpaired) electrons. The molecule has 1 rings (SSSR count). The molecule has 0 aliphatic heterocycles. The third-order valence-corrected chi connectivity index (χ3v) is 1.94. The van der Waals surface area contributed by atoms with Crippen LogP contribution < -0.4 is 10.5 Å². The Hall–Kier alpha value is -1.46. The van der Waals surface area contributed by atoms with E-state index < -0.39 is 0 Å². The highest BCUT2D eigenvalue weighted by Crippen LogP contribution is 2.15. The van der Waals surface area contributed by atoms with Crippen molar-refractivity contribution in [3.8, 4) is 17.6 Å². The van der Waals surface area contributed by atoms with E-state index in [4.69, 9.17) is 10.5 Å². The van der Waals surface area contributed by atoms with E-state index in [-0.39, 0.29) is 6.04 Å². The van der Waals surface area contributed by atoms with Crippen LogP contribution in [0.5, 0.6) is 5.75 Å². The number of benzene rings is 1. The van der Waals surface area contributed by atoms with Crippen LogP contribution in [0.3, 0.4) is 0 Å². The molecule has 0 fully saturated rings. The zero-order chi connectivity index (χ0) is 10.4. The zero-order valence-corrected chi connectivity index (χ0v) is 8.58. The quantitative estimate of drug-likeness (QED) is 0.720. The first-order valence-corrected chi connectivity index (χ1v) is 4.68. The lowest BCUT2D eigenvalue weighted by molar-refractivity contribution is 0.413. The van der Waals surface area contributed by atoms with E-state index in [0.29, 0.717) is 0 Å². The maximum Gasteiger partial charge on any atom is 0.134 e. The molecule has 0 saturated carbocycles. The first-order chi connectivity index (χ1) is 6.77. The Balaban J connectivity index is 2.88. The summed E-state index contributed by atoms with van der Waals surface area (Å²) in [6.45, 7) is 2.02. The minimum Gasteiger partial charge on any atom is -0.495 e. The highest BCUT2D eigenvalue weighted by atomic mass is 16.5. The predicted octanol–water partition coefficient (Wildman–Crippen LogP) is 1.78. The van der Waals surface area contributed by atoms with Crippen molar-refractivity contribution in [2.75, 3.05) is 7.11 Å². The molecule has 1 atom stereocenters. The fraction of sp³-hybridized carbons (Fsp3) is 0.333. The Morgan fingerprint density at radius 1 is 1.43 bits per heavy atom. The Morgan fingerprint density at radius 3 is 2.79 bits per heavy atom. The van der Waals surface area contributed by atoms with E-state index in [2.05, 4.69) is 11.8 Å². The molecular weight excluding hydrogens is 174 g/mol. The lowest BCUT2D eigenvalue weighted by atomic mass is 10.2. The van der Waals surface area contributed by atoms with Crippen molar-refractivity contribution < 1.29 is 4.74 Å². The van der Waals surface area contributed by atoms with Gasteiger partial charge >= 0.3 is 0 Å². The standard InChI is InChI=1S/C12H15NO/c1-3-11(13)9-8-10-6-4-5-7-12(10)14-2/h4-7,11H,3,13H2,1-2H3. The molecular formula is C12H15NO. The molecule has 2 nitrogen and oxygen atoms in total. The number of methoxy groups -OCH3 is 1. The van der Waals surface area contributed by atoms with Gasteiger partial charge in [0.1, 0.15) is 5.75 Å². The van der Waals surface area contributed by atoms with Crippen LogP contribution >= 0.6 is 0 Å². The number of hydrogen-bond acceptors (Lipinski definition) is 2. The van der Waals surface area contributed by atoms with Gasteiger partial charge in [0.05, 0.1) is 18.7 Å². The Bertz CT molecular complexity index is 349. The Morgan fingerprint density at radius 2 is 2.14 bits per heavy atom. The molecule has 2 heteroatoms. The average Bonchev–Trinajstić information content (AvgIpc) is 2.26.